The van der Waals surface area contributed by atoms with Gasteiger partial charge in [0.25, 0.3) is 5.91 Å². The summed E-state index contributed by atoms with van der Waals surface area (Å²) in [5.41, 5.74) is 6.24. The van der Waals surface area contributed by atoms with E-state index in [4.69, 9.17) is 5.73 Å². The molecule has 10 nitrogen and oxygen atoms in total. The lowest BCUT2D eigenvalue weighted by atomic mass is 9.79. The Morgan fingerprint density at radius 1 is 1.23 bits per heavy atom. The number of aromatic nitrogens is 2. The molecule has 2 aliphatic heterocycles. The van der Waals surface area contributed by atoms with Crippen LogP contribution in [0.1, 0.15) is 42.1 Å². The SMILES string of the molecule is CN1CCC(CC2[C@@H](C#N)[C@H](n3cc(C(N)=O)c(Nc4ccc(F)cc4)n3)CCN2C(=O)O)CC1. The molecular weight excluding hydrogens is 453 g/mol. The van der Waals surface area contributed by atoms with Crippen molar-refractivity contribution in [1.82, 2.24) is 19.6 Å². The molecule has 4 N–H and O–H groups in total. The van der Waals surface area contributed by atoms with Gasteiger partial charge >= 0.3 is 6.09 Å². The predicted molar refractivity (Wildman–Crippen MR) is 127 cm³/mol. The molecule has 35 heavy (non-hydrogen) atoms. The standard InChI is InChI=1S/C24H30FN7O3/c1-30-9-6-15(7-10-30)12-21-18(13-26)20(8-11-31(21)24(34)35)32-14-19(22(27)33)23(29-32)28-17-4-2-16(25)3-5-17/h2-5,14-15,18,20-21H,6-12H2,1H3,(H2,27,33)(H,28,29)(H,34,35)/t18-,20+,21?/m0/s1. The molecule has 1 aromatic carbocycles. The number of benzene rings is 1. The van der Waals surface area contributed by atoms with E-state index in [2.05, 4.69) is 28.4 Å². The summed E-state index contributed by atoms with van der Waals surface area (Å²) in [6.45, 7) is 2.16. The van der Waals surface area contributed by atoms with Crippen LogP contribution in [0.5, 0.6) is 0 Å². The molecule has 3 atom stereocenters. The van der Waals surface area contributed by atoms with Crippen LogP contribution in [0.15, 0.2) is 30.5 Å². The number of hydrogen-bond donors (Lipinski definition) is 3. The van der Waals surface area contributed by atoms with E-state index in [1.165, 1.54) is 35.4 Å². The molecule has 4 rings (SSSR count). The molecule has 0 radical (unpaired) electrons. The Morgan fingerprint density at radius 3 is 2.51 bits per heavy atom. The molecule has 0 saturated carbocycles. The zero-order valence-electron chi connectivity index (χ0n) is 19.6. The maximum atomic E-state index is 13.3. The van der Waals surface area contributed by atoms with Gasteiger partial charge in [-0.25, -0.2) is 9.18 Å². The zero-order chi connectivity index (χ0) is 25.1. The van der Waals surface area contributed by atoms with Crippen molar-refractivity contribution >= 4 is 23.5 Å². The van der Waals surface area contributed by atoms with Crippen molar-refractivity contribution in [2.24, 2.45) is 17.6 Å². The van der Waals surface area contributed by atoms with Crippen LogP contribution < -0.4 is 11.1 Å². The van der Waals surface area contributed by atoms with Gasteiger partial charge in [-0.3, -0.25) is 9.48 Å². The number of rotatable bonds is 6. The molecule has 2 fully saturated rings. The highest BCUT2D eigenvalue weighted by atomic mass is 19.1. The zero-order valence-corrected chi connectivity index (χ0v) is 19.6. The number of piperidine rings is 2. The lowest BCUT2D eigenvalue weighted by Crippen LogP contribution is -2.52. The number of halogens is 1. The maximum Gasteiger partial charge on any atom is 0.407 e. The highest BCUT2D eigenvalue weighted by molar-refractivity contribution is 5.98. The topological polar surface area (TPSA) is 141 Å². The molecule has 2 amide bonds. The minimum Gasteiger partial charge on any atom is -0.465 e. The number of likely N-dealkylation sites (tertiary alicyclic amines) is 2. The normalized spacial score (nSPS) is 23.6. The summed E-state index contributed by atoms with van der Waals surface area (Å²) in [7, 11) is 2.07. The summed E-state index contributed by atoms with van der Waals surface area (Å²) in [5.74, 6) is -1.19. The number of carboxylic acid groups (broad SMARTS) is 1. The van der Waals surface area contributed by atoms with E-state index >= 15 is 0 Å². The Labute approximate surface area is 203 Å². The second kappa shape index (κ2) is 10.3. The van der Waals surface area contributed by atoms with Crippen LogP contribution in [-0.4, -0.2) is 69.4 Å². The van der Waals surface area contributed by atoms with Gasteiger partial charge in [-0.15, -0.1) is 0 Å². The Balaban J connectivity index is 1.61. The molecule has 1 unspecified atom stereocenters. The van der Waals surface area contributed by atoms with Crippen LogP contribution in [0, 0.1) is 29.0 Å². The average Bonchev–Trinajstić information content (AvgIpc) is 3.25. The lowest BCUT2D eigenvalue weighted by molar-refractivity contribution is 0.0492. The van der Waals surface area contributed by atoms with Gasteiger partial charge in [-0.1, -0.05) is 0 Å². The van der Waals surface area contributed by atoms with Crippen molar-refractivity contribution in [1.29, 1.82) is 5.26 Å². The van der Waals surface area contributed by atoms with Gasteiger partial charge in [-0.05, 0) is 76.0 Å². The molecule has 2 saturated heterocycles. The van der Waals surface area contributed by atoms with Crippen LogP contribution in [-0.2, 0) is 0 Å². The number of nitrogens with zero attached hydrogens (tertiary/aromatic N) is 5. The second-order valence-electron chi connectivity index (χ2n) is 9.40. The molecule has 186 valence electrons. The lowest BCUT2D eigenvalue weighted by Gasteiger charge is -2.43. The Bertz CT molecular complexity index is 1110. The van der Waals surface area contributed by atoms with Crippen molar-refractivity contribution in [3.05, 3.63) is 41.8 Å². The van der Waals surface area contributed by atoms with Crippen molar-refractivity contribution in [3.63, 3.8) is 0 Å². The number of nitriles is 1. The molecule has 3 heterocycles. The van der Waals surface area contributed by atoms with Crippen LogP contribution in [0.3, 0.4) is 0 Å². The first kappa shape index (κ1) is 24.5. The number of anilines is 2. The van der Waals surface area contributed by atoms with Gasteiger partial charge in [0.1, 0.15) is 11.4 Å². The fourth-order valence-corrected chi connectivity index (χ4v) is 5.19. The predicted octanol–water partition coefficient (Wildman–Crippen LogP) is 3.03. The van der Waals surface area contributed by atoms with Crippen LogP contribution in [0.4, 0.5) is 20.7 Å². The van der Waals surface area contributed by atoms with Crippen LogP contribution >= 0.6 is 0 Å². The van der Waals surface area contributed by atoms with Crippen LogP contribution in [0.2, 0.25) is 0 Å². The van der Waals surface area contributed by atoms with E-state index in [1.54, 1.807) is 4.68 Å². The van der Waals surface area contributed by atoms with Gasteiger partial charge in [-0.2, -0.15) is 10.4 Å². The van der Waals surface area contributed by atoms with Gasteiger partial charge < -0.3 is 26.0 Å². The smallest absolute Gasteiger partial charge is 0.407 e. The third-order valence-electron chi connectivity index (χ3n) is 7.15. The van der Waals surface area contributed by atoms with Gasteiger partial charge in [0.05, 0.1) is 24.1 Å². The molecule has 1 aromatic heterocycles. The van der Waals surface area contributed by atoms with E-state index in [1.807, 2.05) is 0 Å². The summed E-state index contributed by atoms with van der Waals surface area (Å²) in [6, 6.07) is 7.04. The molecule has 0 bridgehead atoms. The molecule has 2 aromatic rings. The summed E-state index contributed by atoms with van der Waals surface area (Å²) in [4.78, 5) is 27.8. The van der Waals surface area contributed by atoms with Crippen LogP contribution in [0.25, 0.3) is 0 Å². The molecule has 0 aliphatic carbocycles. The monoisotopic (exact) mass is 483 g/mol. The minimum atomic E-state index is -1.03. The molecule has 0 spiro atoms. The number of primary amides is 1. The third-order valence-corrected chi connectivity index (χ3v) is 7.15. The third kappa shape index (κ3) is 5.38. The largest absolute Gasteiger partial charge is 0.465 e. The summed E-state index contributed by atoms with van der Waals surface area (Å²) in [6.07, 6.45) is 3.39. The Morgan fingerprint density at radius 2 is 1.91 bits per heavy atom. The molecule has 11 heteroatoms. The number of carbonyl (C=O) groups excluding carboxylic acids is 1. The summed E-state index contributed by atoms with van der Waals surface area (Å²) >= 11 is 0. The van der Waals surface area contributed by atoms with E-state index in [-0.39, 0.29) is 17.9 Å². The number of nitrogens with two attached hydrogens (primary N) is 1. The maximum absolute atomic E-state index is 13.3. The highest BCUT2D eigenvalue weighted by Crippen LogP contribution is 2.38. The first-order valence-corrected chi connectivity index (χ1v) is 11.8. The average molecular weight is 484 g/mol. The van der Waals surface area contributed by atoms with E-state index in [0.29, 0.717) is 24.4 Å². The van der Waals surface area contributed by atoms with Crippen molar-refractivity contribution in [2.45, 2.75) is 37.8 Å². The van der Waals surface area contributed by atoms with E-state index in [0.717, 1.165) is 25.9 Å². The van der Waals surface area contributed by atoms with Gasteiger partial charge in [0.15, 0.2) is 5.82 Å². The fourth-order valence-electron chi connectivity index (χ4n) is 5.19. The number of amides is 2. The first-order chi connectivity index (χ1) is 16.8. The number of hydrogen-bond acceptors (Lipinski definition) is 6. The first-order valence-electron chi connectivity index (χ1n) is 11.8. The van der Waals surface area contributed by atoms with Crippen molar-refractivity contribution < 1.29 is 19.1 Å². The number of carbonyl (C=O) groups is 2. The van der Waals surface area contributed by atoms with Gasteiger partial charge in [0.2, 0.25) is 0 Å². The minimum absolute atomic E-state index is 0.138. The summed E-state index contributed by atoms with van der Waals surface area (Å²) < 4.78 is 14.8. The fraction of sp³-hybridized carbons (Fsp3) is 0.500. The van der Waals surface area contributed by atoms with Crippen molar-refractivity contribution in [2.75, 3.05) is 32.0 Å². The van der Waals surface area contributed by atoms with Gasteiger partial charge in [0, 0.05) is 18.4 Å². The quantitative estimate of drug-likeness (QED) is 0.573. The Hall–Kier alpha value is -3.65. The van der Waals surface area contributed by atoms with Crippen molar-refractivity contribution in [3.8, 4) is 6.07 Å². The highest BCUT2D eigenvalue weighted by Gasteiger charge is 2.43. The number of nitrogens with one attached hydrogen (secondary N) is 1. The second-order valence-corrected chi connectivity index (χ2v) is 9.40. The summed E-state index contributed by atoms with van der Waals surface area (Å²) in [5, 5.41) is 27.5. The molecule has 2 aliphatic rings. The Kier molecular flexibility index (Phi) is 7.21. The van der Waals surface area contributed by atoms with E-state index < -0.39 is 35.8 Å². The van der Waals surface area contributed by atoms with E-state index in [9.17, 15) is 24.3 Å². The molecular formula is C24H30FN7O3.